The smallest absolute Gasteiger partial charge is 0.349 e. The van der Waals surface area contributed by atoms with Crippen molar-refractivity contribution in [3.8, 4) is 0 Å². The van der Waals surface area contributed by atoms with Gasteiger partial charge < -0.3 is 10.2 Å². The van der Waals surface area contributed by atoms with E-state index in [-0.39, 0.29) is 18.4 Å². The first kappa shape index (κ1) is 21.0. The third-order valence-corrected chi connectivity index (χ3v) is 4.61. The van der Waals surface area contributed by atoms with Crippen LogP contribution in [0.3, 0.4) is 0 Å². The van der Waals surface area contributed by atoms with E-state index in [1.807, 2.05) is 14.1 Å². The number of aryl methyl sites for hydroxylation is 1. The van der Waals surface area contributed by atoms with E-state index in [0.717, 1.165) is 24.1 Å². The number of amides is 1. The number of alkyl halides is 3. The van der Waals surface area contributed by atoms with Crippen molar-refractivity contribution in [1.29, 1.82) is 0 Å². The lowest BCUT2D eigenvalue weighted by Crippen LogP contribution is -3.07. The van der Waals surface area contributed by atoms with Crippen molar-refractivity contribution < 1.29 is 22.9 Å². The molecule has 27 heavy (non-hydrogen) atoms. The molecule has 2 rings (SSSR count). The molecule has 146 valence electrons. The van der Waals surface area contributed by atoms with Crippen LogP contribution >= 0.6 is 0 Å². The molecule has 0 radical (unpaired) electrons. The molecule has 0 saturated heterocycles. The molecule has 3 nitrogen and oxygen atoms in total. The van der Waals surface area contributed by atoms with Gasteiger partial charge in [-0.2, -0.15) is 13.2 Å². The minimum absolute atomic E-state index is 0.0707. The molecule has 0 aliphatic heterocycles. The number of quaternary nitrogens is 1. The lowest BCUT2D eigenvalue weighted by molar-refractivity contribution is -0.890. The van der Waals surface area contributed by atoms with Gasteiger partial charge >= 0.3 is 6.18 Å². The van der Waals surface area contributed by atoms with Crippen molar-refractivity contribution in [1.82, 2.24) is 5.32 Å². The fourth-order valence-corrected chi connectivity index (χ4v) is 2.96. The number of halogens is 3. The predicted molar refractivity (Wildman–Crippen MR) is 99.5 cm³/mol. The van der Waals surface area contributed by atoms with E-state index in [1.54, 1.807) is 0 Å². The lowest BCUT2D eigenvalue weighted by atomic mass is 10.0. The number of carbonyl (C=O) groups is 1. The summed E-state index contributed by atoms with van der Waals surface area (Å²) in [5.74, 6) is -0.286. The minimum atomic E-state index is -4.41. The molecular weight excluding hydrogens is 353 g/mol. The second-order valence-electron chi connectivity index (χ2n) is 6.90. The van der Waals surface area contributed by atoms with E-state index in [1.165, 1.54) is 22.6 Å². The summed E-state index contributed by atoms with van der Waals surface area (Å²) in [5, 5.41) is 2.86. The van der Waals surface area contributed by atoms with Gasteiger partial charge in [0.25, 0.3) is 0 Å². The second-order valence-corrected chi connectivity index (χ2v) is 6.90. The fraction of sp³-hybridized carbons (Fsp3) is 0.381. The summed E-state index contributed by atoms with van der Waals surface area (Å²) in [4.78, 5) is 13.4. The number of likely N-dealkylation sites (N-methyl/N-ethyl adjacent to an activating group) is 1. The van der Waals surface area contributed by atoms with E-state index in [2.05, 4.69) is 36.5 Å². The summed E-state index contributed by atoms with van der Waals surface area (Å²) in [6.07, 6.45) is -3.52. The van der Waals surface area contributed by atoms with Crippen LogP contribution in [0.25, 0.3) is 0 Å². The van der Waals surface area contributed by atoms with E-state index in [4.69, 9.17) is 0 Å². The summed E-state index contributed by atoms with van der Waals surface area (Å²) in [6, 6.07) is 13.3. The molecule has 0 fully saturated rings. The van der Waals surface area contributed by atoms with Crippen LogP contribution in [0.2, 0.25) is 0 Å². The van der Waals surface area contributed by atoms with E-state index in [9.17, 15) is 18.0 Å². The molecule has 1 atom stereocenters. The van der Waals surface area contributed by atoms with Crippen LogP contribution in [-0.4, -0.2) is 26.5 Å². The molecule has 0 spiro atoms. The van der Waals surface area contributed by atoms with Gasteiger partial charge in [-0.15, -0.1) is 0 Å². The van der Waals surface area contributed by atoms with E-state index >= 15 is 0 Å². The van der Waals surface area contributed by atoms with Gasteiger partial charge in [0, 0.05) is 5.56 Å². The van der Waals surface area contributed by atoms with E-state index in [0.29, 0.717) is 12.1 Å². The Kier molecular flexibility index (Phi) is 7.02. The van der Waals surface area contributed by atoms with Crippen LogP contribution in [0.15, 0.2) is 48.5 Å². The molecule has 0 unspecified atom stereocenters. The summed E-state index contributed by atoms with van der Waals surface area (Å²) in [5.41, 5.74) is 1.98. The SMILES string of the molecule is CCc1ccc([C@H](CNC(=O)Cc2cccc(C(F)(F)F)c2)[NH+](C)C)cc1. The van der Waals surface area contributed by atoms with Gasteiger partial charge in [0.2, 0.25) is 5.91 Å². The summed E-state index contributed by atoms with van der Waals surface area (Å²) < 4.78 is 38.4. The van der Waals surface area contributed by atoms with Gasteiger partial charge in [0.05, 0.1) is 32.6 Å². The summed E-state index contributed by atoms with van der Waals surface area (Å²) in [6.45, 7) is 2.52. The van der Waals surface area contributed by atoms with Crippen LogP contribution < -0.4 is 10.2 Å². The zero-order valence-corrected chi connectivity index (χ0v) is 15.9. The van der Waals surface area contributed by atoms with Crippen molar-refractivity contribution in [2.75, 3.05) is 20.6 Å². The molecule has 0 aromatic heterocycles. The number of hydrogen-bond acceptors (Lipinski definition) is 1. The number of nitrogens with one attached hydrogen (secondary N) is 2. The molecule has 0 saturated carbocycles. The van der Waals surface area contributed by atoms with Crippen molar-refractivity contribution in [2.24, 2.45) is 0 Å². The van der Waals surface area contributed by atoms with Crippen LogP contribution in [0.1, 0.15) is 35.2 Å². The van der Waals surface area contributed by atoms with Gasteiger partial charge in [-0.1, -0.05) is 49.4 Å². The van der Waals surface area contributed by atoms with Gasteiger partial charge in [0.15, 0.2) is 0 Å². The maximum atomic E-state index is 12.8. The average molecular weight is 379 g/mol. The Bertz CT molecular complexity index is 755. The standard InChI is InChI=1S/C21H25F3N2O/c1-4-15-8-10-17(11-9-15)19(26(2)3)14-25-20(27)13-16-6-5-7-18(12-16)21(22,23)24/h5-12,19H,4,13-14H2,1-3H3,(H,25,27)/p+1/t19-/m0/s1. The number of rotatable bonds is 7. The van der Waals surface area contributed by atoms with Crippen LogP contribution in [0, 0.1) is 0 Å². The molecule has 0 aliphatic rings. The normalized spacial score (nSPS) is 12.9. The minimum Gasteiger partial charge on any atom is -0.349 e. The first-order chi connectivity index (χ1) is 12.7. The molecule has 0 bridgehead atoms. The molecule has 0 heterocycles. The molecule has 2 N–H and O–H groups in total. The highest BCUT2D eigenvalue weighted by Gasteiger charge is 2.30. The zero-order valence-electron chi connectivity index (χ0n) is 15.9. The first-order valence-electron chi connectivity index (χ1n) is 9.02. The highest BCUT2D eigenvalue weighted by molar-refractivity contribution is 5.78. The van der Waals surface area contributed by atoms with Gasteiger partial charge in [0.1, 0.15) is 6.04 Å². The molecule has 2 aromatic rings. The van der Waals surface area contributed by atoms with Gasteiger partial charge in [-0.25, -0.2) is 0 Å². The number of benzene rings is 2. The maximum Gasteiger partial charge on any atom is 0.416 e. The monoisotopic (exact) mass is 379 g/mol. The van der Waals surface area contributed by atoms with E-state index < -0.39 is 11.7 Å². The summed E-state index contributed by atoms with van der Waals surface area (Å²) in [7, 11) is 4.02. The molecule has 0 aliphatic carbocycles. The third-order valence-electron chi connectivity index (χ3n) is 4.61. The largest absolute Gasteiger partial charge is 0.416 e. The maximum absolute atomic E-state index is 12.8. The zero-order chi connectivity index (χ0) is 20.0. The molecular formula is C21H26F3N2O+. The Morgan fingerprint density at radius 2 is 1.74 bits per heavy atom. The van der Waals surface area contributed by atoms with Crippen LogP contribution in [0.4, 0.5) is 13.2 Å². The third kappa shape index (κ3) is 6.10. The topological polar surface area (TPSA) is 33.5 Å². The Balaban J connectivity index is 1.99. The Morgan fingerprint density at radius 3 is 2.30 bits per heavy atom. The highest BCUT2D eigenvalue weighted by Crippen LogP contribution is 2.29. The van der Waals surface area contributed by atoms with Crippen molar-refractivity contribution in [3.05, 3.63) is 70.8 Å². The fourth-order valence-electron chi connectivity index (χ4n) is 2.96. The van der Waals surface area contributed by atoms with Crippen LogP contribution in [0.5, 0.6) is 0 Å². The Morgan fingerprint density at radius 1 is 1.07 bits per heavy atom. The Labute approximate surface area is 158 Å². The Hall–Kier alpha value is -2.34. The van der Waals surface area contributed by atoms with Crippen molar-refractivity contribution >= 4 is 5.91 Å². The average Bonchev–Trinajstić information content (AvgIpc) is 2.61. The van der Waals surface area contributed by atoms with Gasteiger partial charge in [-0.05, 0) is 23.6 Å². The number of hydrogen-bond donors (Lipinski definition) is 2. The second kappa shape index (κ2) is 9.04. The lowest BCUT2D eigenvalue weighted by Gasteiger charge is -2.22. The molecule has 1 amide bonds. The predicted octanol–water partition coefficient (Wildman–Crippen LogP) is 2.81. The highest BCUT2D eigenvalue weighted by atomic mass is 19.4. The van der Waals surface area contributed by atoms with Crippen molar-refractivity contribution in [2.45, 2.75) is 32.0 Å². The van der Waals surface area contributed by atoms with Gasteiger partial charge in [-0.3, -0.25) is 4.79 Å². The van der Waals surface area contributed by atoms with Crippen molar-refractivity contribution in [3.63, 3.8) is 0 Å². The molecule has 6 heteroatoms. The number of carbonyl (C=O) groups excluding carboxylic acids is 1. The summed E-state index contributed by atoms with van der Waals surface area (Å²) >= 11 is 0. The first-order valence-corrected chi connectivity index (χ1v) is 9.02. The van der Waals surface area contributed by atoms with Crippen LogP contribution in [-0.2, 0) is 23.8 Å². The quantitative estimate of drug-likeness (QED) is 0.762. The molecule has 2 aromatic carbocycles.